The summed E-state index contributed by atoms with van der Waals surface area (Å²) in [5.74, 6) is 0. The van der Waals surface area contributed by atoms with Crippen molar-refractivity contribution < 1.29 is 9.47 Å². The van der Waals surface area contributed by atoms with Crippen molar-refractivity contribution in [3.8, 4) is 0 Å². The first-order valence-electron chi connectivity index (χ1n) is 4.07. The summed E-state index contributed by atoms with van der Waals surface area (Å²) in [4.78, 5) is 2.07. The molecule has 0 aliphatic carbocycles. The maximum Gasteiger partial charge on any atom is 0.158 e. The van der Waals surface area contributed by atoms with Gasteiger partial charge in [-0.3, -0.25) is 0 Å². The number of hydrogen-bond donors (Lipinski definition) is 1. The molecule has 0 aromatic rings. The number of methoxy groups -OCH3 is 2. The van der Waals surface area contributed by atoms with Crippen molar-refractivity contribution in [2.24, 2.45) is 5.73 Å². The number of hydrogen-bond acceptors (Lipinski definition) is 4. The van der Waals surface area contributed by atoms with Gasteiger partial charge in [0.1, 0.15) is 0 Å². The van der Waals surface area contributed by atoms with E-state index in [-0.39, 0.29) is 6.29 Å². The molecule has 4 heteroatoms. The first-order valence-corrected chi connectivity index (χ1v) is 4.07. The van der Waals surface area contributed by atoms with Crippen LogP contribution in [0.1, 0.15) is 6.42 Å². The van der Waals surface area contributed by atoms with Crippen LogP contribution in [0.4, 0.5) is 0 Å². The smallest absolute Gasteiger partial charge is 0.158 e. The molecule has 0 saturated heterocycles. The molecule has 2 N–H and O–H groups in total. The predicted octanol–water partition coefficient (Wildman–Crippen LogP) is -0.116. The van der Waals surface area contributed by atoms with Gasteiger partial charge in [0.2, 0.25) is 0 Å². The van der Waals surface area contributed by atoms with Gasteiger partial charge in [0.15, 0.2) is 6.29 Å². The Morgan fingerprint density at radius 1 is 1.25 bits per heavy atom. The Bertz CT molecular complexity index is 105. The zero-order chi connectivity index (χ0) is 9.56. The summed E-state index contributed by atoms with van der Waals surface area (Å²) in [7, 11) is 7.27. The summed E-state index contributed by atoms with van der Waals surface area (Å²) in [5.41, 5.74) is 5.58. The molecular formula is C8H20N2O2. The van der Waals surface area contributed by atoms with E-state index >= 15 is 0 Å². The maximum atomic E-state index is 5.58. The van der Waals surface area contributed by atoms with Crippen molar-refractivity contribution in [1.82, 2.24) is 4.90 Å². The van der Waals surface area contributed by atoms with Gasteiger partial charge in [0.25, 0.3) is 0 Å². The molecule has 0 aliphatic rings. The van der Waals surface area contributed by atoms with E-state index in [1.807, 2.05) is 14.1 Å². The Labute approximate surface area is 74.6 Å². The molecule has 1 unspecified atom stereocenters. The maximum absolute atomic E-state index is 5.58. The van der Waals surface area contributed by atoms with Crippen LogP contribution in [0.25, 0.3) is 0 Å². The van der Waals surface area contributed by atoms with Gasteiger partial charge in [0.05, 0.1) is 0 Å². The van der Waals surface area contributed by atoms with Crippen LogP contribution < -0.4 is 5.73 Å². The van der Waals surface area contributed by atoms with Crippen molar-refractivity contribution in [1.29, 1.82) is 0 Å². The lowest BCUT2D eigenvalue weighted by Crippen LogP contribution is -2.38. The van der Waals surface area contributed by atoms with Gasteiger partial charge in [-0.05, 0) is 14.1 Å². The monoisotopic (exact) mass is 176 g/mol. The van der Waals surface area contributed by atoms with Crippen molar-refractivity contribution >= 4 is 0 Å². The van der Waals surface area contributed by atoms with Crippen LogP contribution in [0.5, 0.6) is 0 Å². The van der Waals surface area contributed by atoms with Crippen LogP contribution in [0.15, 0.2) is 0 Å². The molecule has 1 atom stereocenters. The van der Waals surface area contributed by atoms with Crippen LogP contribution in [-0.2, 0) is 9.47 Å². The largest absolute Gasteiger partial charge is 0.356 e. The molecule has 0 heterocycles. The van der Waals surface area contributed by atoms with Crippen molar-refractivity contribution in [3.63, 3.8) is 0 Å². The number of likely N-dealkylation sites (N-methyl/N-ethyl adjacent to an activating group) is 1. The molecule has 0 amide bonds. The molecule has 74 valence electrons. The molecular weight excluding hydrogens is 156 g/mol. The minimum atomic E-state index is -0.152. The highest BCUT2D eigenvalue weighted by Crippen LogP contribution is 2.05. The topological polar surface area (TPSA) is 47.7 Å². The Morgan fingerprint density at radius 2 is 1.75 bits per heavy atom. The van der Waals surface area contributed by atoms with Gasteiger partial charge in [0, 0.05) is 33.2 Å². The summed E-state index contributed by atoms with van der Waals surface area (Å²) >= 11 is 0. The highest BCUT2D eigenvalue weighted by molar-refractivity contribution is 4.68. The highest BCUT2D eigenvalue weighted by Gasteiger charge is 2.15. The van der Waals surface area contributed by atoms with Crippen LogP contribution in [0.3, 0.4) is 0 Å². The molecule has 12 heavy (non-hydrogen) atoms. The van der Waals surface area contributed by atoms with Crippen molar-refractivity contribution in [2.75, 3.05) is 34.9 Å². The average molecular weight is 176 g/mol. The highest BCUT2D eigenvalue weighted by atomic mass is 16.7. The van der Waals surface area contributed by atoms with Crippen LogP contribution in [-0.4, -0.2) is 52.1 Å². The number of nitrogens with zero attached hydrogens (tertiary/aromatic N) is 1. The van der Waals surface area contributed by atoms with Crippen LogP contribution in [0.2, 0.25) is 0 Å². The first-order chi connectivity index (χ1) is 5.65. The molecule has 0 aliphatic heterocycles. The summed E-state index contributed by atoms with van der Waals surface area (Å²) in [5, 5.41) is 0. The van der Waals surface area contributed by atoms with Gasteiger partial charge < -0.3 is 20.1 Å². The van der Waals surface area contributed by atoms with Crippen molar-refractivity contribution in [2.45, 2.75) is 18.8 Å². The lowest BCUT2D eigenvalue weighted by Gasteiger charge is -2.25. The second-order valence-corrected chi connectivity index (χ2v) is 2.99. The Balaban J connectivity index is 3.82. The minimum absolute atomic E-state index is 0.152. The Morgan fingerprint density at radius 3 is 2.00 bits per heavy atom. The zero-order valence-corrected chi connectivity index (χ0v) is 8.41. The van der Waals surface area contributed by atoms with Gasteiger partial charge in [-0.25, -0.2) is 0 Å². The fourth-order valence-corrected chi connectivity index (χ4v) is 1.03. The van der Waals surface area contributed by atoms with Crippen LogP contribution in [0, 0.1) is 0 Å². The quantitative estimate of drug-likeness (QED) is 0.573. The molecule has 0 radical (unpaired) electrons. The average Bonchev–Trinajstić information content (AvgIpc) is 2.06. The van der Waals surface area contributed by atoms with E-state index in [9.17, 15) is 0 Å². The minimum Gasteiger partial charge on any atom is -0.356 e. The van der Waals surface area contributed by atoms with E-state index in [1.165, 1.54) is 0 Å². The molecule has 0 aromatic heterocycles. The van der Waals surface area contributed by atoms with Crippen LogP contribution >= 0.6 is 0 Å². The van der Waals surface area contributed by atoms with Gasteiger partial charge in [-0.15, -0.1) is 0 Å². The third kappa shape index (κ3) is 4.01. The molecule has 0 fully saturated rings. The molecule has 4 nitrogen and oxygen atoms in total. The van der Waals surface area contributed by atoms with E-state index < -0.39 is 0 Å². The fraction of sp³-hybridized carbons (Fsp3) is 1.00. The van der Waals surface area contributed by atoms with Gasteiger partial charge in [-0.2, -0.15) is 0 Å². The Hall–Kier alpha value is -0.160. The Kier molecular flexibility index (Phi) is 6.28. The van der Waals surface area contributed by atoms with E-state index in [2.05, 4.69) is 4.90 Å². The fourth-order valence-electron chi connectivity index (χ4n) is 1.03. The predicted molar refractivity (Wildman–Crippen MR) is 49.0 cm³/mol. The summed E-state index contributed by atoms with van der Waals surface area (Å²) in [6, 6.07) is 0.315. The summed E-state index contributed by atoms with van der Waals surface area (Å²) in [6.07, 6.45) is 0.650. The lowest BCUT2D eigenvalue weighted by atomic mass is 10.2. The van der Waals surface area contributed by atoms with E-state index in [0.29, 0.717) is 12.6 Å². The van der Waals surface area contributed by atoms with E-state index in [1.54, 1.807) is 14.2 Å². The number of rotatable bonds is 6. The normalized spacial score (nSPS) is 14.2. The van der Waals surface area contributed by atoms with Crippen molar-refractivity contribution in [3.05, 3.63) is 0 Å². The van der Waals surface area contributed by atoms with E-state index in [4.69, 9.17) is 15.2 Å². The molecule has 0 bridgehead atoms. The van der Waals surface area contributed by atoms with Gasteiger partial charge >= 0.3 is 0 Å². The zero-order valence-electron chi connectivity index (χ0n) is 8.41. The molecule has 0 spiro atoms. The standard InChI is InChI=1S/C8H20N2O2/c1-10(2)7(6-9)5-8(11-3)12-4/h7-8H,5-6,9H2,1-4H3. The third-order valence-corrected chi connectivity index (χ3v) is 1.99. The molecule has 0 aromatic carbocycles. The first kappa shape index (κ1) is 11.8. The number of ether oxygens (including phenoxy) is 2. The third-order valence-electron chi connectivity index (χ3n) is 1.99. The number of nitrogens with two attached hydrogens (primary N) is 1. The van der Waals surface area contributed by atoms with E-state index in [0.717, 1.165) is 6.42 Å². The SMILES string of the molecule is COC(CC(CN)N(C)C)OC. The second kappa shape index (κ2) is 6.37. The summed E-state index contributed by atoms with van der Waals surface area (Å²) in [6.45, 7) is 0.621. The molecule has 0 rings (SSSR count). The second-order valence-electron chi connectivity index (χ2n) is 2.99. The lowest BCUT2D eigenvalue weighted by molar-refractivity contribution is -0.114. The van der Waals surface area contributed by atoms with Gasteiger partial charge in [-0.1, -0.05) is 0 Å². The summed E-state index contributed by atoms with van der Waals surface area (Å²) < 4.78 is 10.2. The molecule has 0 saturated carbocycles.